The summed E-state index contributed by atoms with van der Waals surface area (Å²) in [5.41, 5.74) is 0.614. The molecule has 0 fully saturated rings. The number of aromatic nitrogens is 2. The van der Waals surface area contributed by atoms with Crippen LogP contribution in [-0.4, -0.2) is 34.6 Å². The van der Waals surface area contributed by atoms with Gasteiger partial charge in [0.25, 0.3) is 11.5 Å². The van der Waals surface area contributed by atoms with Gasteiger partial charge in [0.1, 0.15) is 11.4 Å². The Kier molecular flexibility index (Phi) is 8.17. The predicted molar refractivity (Wildman–Crippen MR) is 111 cm³/mol. The second kappa shape index (κ2) is 10.4. The van der Waals surface area contributed by atoms with Gasteiger partial charge in [0, 0.05) is 11.4 Å². The first-order valence-electron chi connectivity index (χ1n) is 9.74. The van der Waals surface area contributed by atoms with Crippen LogP contribution in [0.2, 0.25) is 0 Å². The topological polar surface area (TPSA) is 90.3 Å². The number of nitrogens with one attached hydrogen (secondary N) is 1. The zero-order valence-corrected chi connectivity index (χ0v) is 17.9. The van der Waals surface area contributed by atoms with Gasteiger partial charge in [0.15, 0.2) is 6.61 Å². The average Bonchev–Trinajstić information content (AvgIpc) is 2.97. The van der Waals surface area contributed by atoms with Gasteiger partial charge in [-0.05, 0) is 31.7 Å². The van der Waals surface area contributed by atoms with Crippen molar-refractivity contribution in [1.82, 2.24) is 14.9 Å². The maximum Gasteiger partial charge on any atom is 0.326 e. The molecule has 0 aliphatic rings. The molecule has 2 rings (SSSR count). The monoisotopic (exact) mass is 407 g/mol. The lowest BCUT2D eigenvalue weighted by molar-refractivity contribution is -0.149. The van der Waals surface area contributed by atoms with Gasteiger partial charge in [-0.25, -0.2) is 4.98 Å². The van der Waals surface area contributed by atoms with Crippen LogP contribution in [0.3, 0.4) is 0 Å². The Morgan fingerprint density at radius 2 is 2.07 bits per heavy atom. The van der Waals surface area contributed by atoms with Crippen LogP contribution in [-0.2, 0) is 20.9 Å². The first-order chi connectivity index (χ1) is 13.4. The molecule has 1 atom stereocenters. The molecule has 0 saturated carbocycles. The van der Waals surface area contributed by atoms with E-state index in [4.69, 9.17) is 4.74 Å². The van der Waals surface area contributed by atoms with Gasteiger partial charge in [-0.1, -0.05) is 33.1 Å². The molecule has 8 heteroatoms. The van der Waals surface area contributed by atoms with Crippen LogP contribution in [0.1, 0.15) is 50.0 Å². The summed E-state index contributed by atoms with van der Waals surface area (Å²) in [7, 11) is 0. The largest absolute Gasteiger partial charge is 0.454 e. The molecule has 0 unspecified atom stereocenters. The lowest BCUT2D eigenvalue weighted by Gasteiger charge is -2.15. The number of carbonyl (C=O) groups is 2. The SMILES string of the molecule is CCCC[C@H](CC)CNC(=O)COC(=O)Cn1cnc2sc(C)c(C)c2c1=O. The Labute approximate surface area is 169 Å². The van der Waals surface area contributed by atoms with E-state index in [1.54, 1.807) is 0 Å². The molecule has 1 amide bonds. The van der Waals surface area contributed by atoms with Crippen LogP contribution in [0.25, 0.3) is 10.2 Å². The number of thiophene rings is 1. The van der Waals surface area contributed by atoms with Crippen LogP contribution >= 0.6 is 11.3 Å². The Balaban J connectivity index is 1.86. The average molecular weight is 408 g/mol. The maximum atomic E-state index is 12.6. The third kappa shape index (κ3) is 5.64. The van der Waals surface area contributed by atoms with E-state index in [2.05, 4.69) is 24.1 Å². The maximum absolute atomic E-state index is 12.6. The number of hydrogen-bond acceptors (Lipinski definition) is 6. The predicted octanol–water partition coefficient (Wildman–Crippen LogP) is 2.95. The van der Waals surface area contributed by atoms with Crippen molar-refractivity contribution >= 4 is 33.4 Å². The van der Waals surface area contributed by atoms with E-state index in [1.807, 2.05) is 13.8 Å². The highest BCUT2D eigenvalue weighted by Gasteiger charge is 2.15. The van der Waals surface area contributed by atoms with Crippen molar-refractivity contribution in [3.63, 3.8) is 0 Å². The molecule has 0 aliphatic carbocycles. The van der Waals surface area contributed by atoms with Gasteiger partial charge in [0.05, 0.1) is 11.7 Å². The van der Waals surface area contributed by atoms with E-state index in [9.17, 15) is 14.4 Å². The molecular formula is C20H29N3O4S. The van der Waals surface area contributed by atoms with E-state index >= 15 is 0 Å². The number of aryl methyl sites for hydroxylation is 2. The van der Waals surface area contributed by atoms with E-state index in [-0.39, 0.29) is 24.6 Å². The number of carbonyl (C=O) groups excluding carboxylic acids is 2. The summed E-state index contributed by atoms with van der Waals surface area (Å²) in [5.74, 6) is -0.525. The van der Waals surface area contributed by atoms with E-state index < -0.39 is 5.97 Å². The molecule has 0 aliphatic heterocycles. The van der Waals surface area contributed by atoms with Crippen molar-refractivity contribution in [1.29, 1.82) is 0 Å². The summed E-state index contributed by atoms with van der Waals surface area (Å²) < 4.78 is 6.24. The van der Waals surface area contributed by atoms with Gasteiger partial charge >= 0.3 is 5.97 Å². The van der Waals surface area contributed by atoms with Gasteiger partial charge in [-0.2, -0.15) is 0 Å². The zero-order chi connectivity index (χ0) is 20.7. The molecule has 2 aromatic rings. The standard InChI is InChI=1S/C20H29N3O4S/c1-5-7-8-15(6-2)9-21-16(24)11-27-17(25)10-23-12-22-19-18(20(23)26)13(3)14(4)28-19/h12,15H,5-11H2,1-4H3,(H,21,24)/t15-/m0/s1. The molecule has 154 valence electrons. The Hall–Kier alpha value is -2.22. The van der Waals surface area contributed by atoms with Gasteiger partial charge in [-0.15, -0.1) is 11.3 Å². The molecular weight excluding hydrogens is 378 g/mol. The molecule has 0 aromatic carbocycles. The molecule has 1 N–H and O–H groups in total. The lowest BCUT2D eigenvalue weighted by atomic mass is 9.99. The summed E-state index contributed by atoms with van der Waals surface area (Å²) in [6.45, 7) is 8.03. The molecule has 0 spiro atoms. The normalized spacial score (nSPS) is 12.1. The highest BCUT2D eigenvalue weighted by Crippen LogP contribution is 2.25. The quantitative estimate of drug-likeness (QED) is 0.612. The van der Waals surface area contributed by atoms with Gasteiger partial charge in [0.2, 0.25) is 0 Å². The van der Waals surface area contributed by atoms with Crippen molar-refractivity contribution in [2.24, 2.45) is 5.92 Å². The minimum atomic E-state index is -0.638. The number of nitrogens with zero attached hydrogens (tertiary/aromatic N) is 2. The fourth-order valence-electron chi connectivity index (χ4n) is 2.97. The highest BCUT2D eigenvalue weighted by molar-refractivity contribution is 7.18. The number of ether oxygens (including phenoxy) is 1. The Bertz CT molecular complexity index is 887. The van der Waals surface area contributed by atoms with E-state index in [1.165, 1.54) is 22.2 Å². The minimum absolute atomic E-state index is 0.266. The van der Waals surface area contributed by atoms with Crippen LogP contribution in [0, 0.1) is 19.8 Å². The number of rotatable bonds is 10. The number of fused-ring (bicyclic) bond motifs is 1. The number of esters is 1. The lowest BCUT2D eigenvalue weighted by Crippen LogP contribution is -2.34. The summed E-state index contributed by atoms with van der Waals surface area (Å²) in [5, 5.41) is 3.35. The first kappa shape index (κ1) is 22.1. The molecule has 0 bridgehead atoms. The highest BCUT2D eigenvalue weighted by atomic mass is 32.1. The molecule has 2 heterocycles. The van der Waals surface area contributed by atoms with Crippen molar-refractivity contribution in [3.8, 4) is 0 Å². The van der Waals surface area contributed by atoms with Crippen LogP contribution in [0.15, 0.2) is 11.1 Å². The summed E-state index contributed by atoms with van der Waals surface area (Å²) in [6.07, 6.45) is 5.69. The van der Waals surface area contributed by atoms with Gasteiger partial charge in [-0.3, -0.25) is 19.0 Å². The molecule has 0 saturated heterocycles. The summed E-state index contributed by atoms with van der Waals surface area (Å²) in [6, 6.07) is 0. The van der Waals surface area contributed by atoms with Crippen LogP contribution in [0.5, 0.6) is 0 Å². The van der Waals surface area contributed by atoms with E-state index in [0.29, 0.717) is 22.7 Å². The molecule has 2 aromatic heterocycles. The third-order valence-electron chi connectivity index (χ3n) is 4.95. The molecule has 0 radical (unpaired) electrons. The fourth-order valence-corrected chi connectivity index (χ4v) is 3.95. The summed E-state index contributed by atoms with van der Waals surface area (Å²) in [4.78, 5) is 42.5. The Morgan fingerprint density at radius 3 is 2.75 bits per heavy atom. The molecule has 7 nitrogen and oxygen atoms in total. The smallest absolute Gasteiger partial charge is 0.326 e. The van der Waals surface area contributed by atoms with Crippen LogP contribution < -0.4 is 10.9 Å². The van der Waals surface area contributed by atoms with Crippen molar-refractivity contribution in [2.45, 2.75) is 59.9 Å². The fraction of sp³-hybridized carbons (Fsp3) is 0.600. The molecule has 28 heavy (non-hydrogen) atoms. The van der Waals surface area contributed by atoms with Crippen molar-refractivity contribution in [3.05, 3.63) is 27.1 Å². The minimum Gasteiger partial charge on any atom is -0.454 e. The van der Waals surface area contributed by atoms with Crippen molar-refractivity contribution in [2.75, 3.05) is 13.2 Å². The number of hydrogen-bond donors (Lipinski definition) is 1. The second-order valence-corrected chi connectivity index (χ2v) is 8.23. The first-order valence-corrected chi connectivity index (χ1v) is 10.6. The van der Waals surface area contributed by atoms with Crippen LogP contribution in [0.4, 0.5) is 0 Å². The van der Waals surface area contributed by atoms with Crippen molar-refractivity contribution < 1.29 is 14.3 Å². The van der Waals surface area contributed by atoms with E-state index in [0.717, 1.165) is 36.1 Å². The Morgan fingerprint density at radius 1 is 1.32 bits per heavy atom. The van der Waals surface area contributed by atoms with Gasteiger partial charge < -0.3 is 10.1 Å². The number of amides is 1. The second-order valence-electron chi connectivity index (χ2n) is 7.02. The zero-order valence-electron chi connectivity index (χ0n) is 17.0. The summed E-state index contributed by atoms with van der Waals surface area (Å²) >= 11 is 1.46. The third-order valence-corrected chi connectivity index (χ3v) is 6.07. The number of unbranched alkanes of at least 4 members (excludes halogenated alkanes) is 1.